The monoisotopic (exact) mass is 352 g/mol. The topological polar surface area (TPSA) is 54.3 Å². The molecule has 1 aliphatic rings. The number of thioether (sulfide) groups is 1. The lowest BCUT2D eigenvalue weighted by Gasteiger charge is -2.08. The molecule has 1 fully saturated rings. The molecule has 2 N–H and O–H groups in total. The molecule has 1 aromatic heterocycles. The van der Waals surface area contributed by atoms with Crippen molar-refractivity contribution in [2.24, 2.45) is 0 Å². The molecule has 0 aliphatic carbocycles. The highest BCUT2D eigenvalue weighted by Gasteiger charge is 2.32. The van der Waals surface area contributed by atoms with Crippen molar-refractivity contribution in [3.63, 3.8) is 0 Å². The van der Waals surface area contributed by atoms with Crippen LogP contribution >= 0.6 is 11.8 Å². The van der Waals surface area contributed by atoms with Gasteiger partial charge in [0.25, 0.3) is 0 Å². The van der Waals surface area contributed by atoms with Crippen molar-refractivity contribution in [1.82, 2.24) is 9.88 Å². The molecule has 128 valence electrons. The van der Waals surface area contributed by atoms with Gasteiger partial charge in [0.2, 0.25) is 0 Å². The normalized spacial score (nSPS) is 20.2. The number of carboxylic acid groups (broad SMARTS) is 1. The first-order chi connectivity index (χ1) is 12.1. The summed E-state index contributed by atoms with van der Waals surface area (Å²) in [6.07, 6.45) is 2.17. The van der Waals surface area contributed by atoms with Gasteiger partial charge in [-0.2, -0.15) is 0 Å². The van der Waals surface area contributed by atoms with Crippen LogP contribution in [0.25, 0.3) is 10.9 Å². The van der Waals surface area contributed by atoms with E-state index in [0.717, 1.165) is 12.1 Å². The first kappa shape index (κ1) is 16.2. The second-order valence-electron chi connectivity index (χ2n) is 6.47. The Hall–Kier alpha value is -2.24. The van der Waals surface area contributed by atoms with Gasteiger partial charge in [-0.25, -0.2) is 0 Å². The van der Waals surface area contributed by atoms with E-state index in [9.17, 15) is 9.90 Å². The van der Waals surface area contributed by atoms with E-state index in [1.165, 1.54) is 33.8 Å². The summed E-state index contributed by atoms with van der Waals surface area (Å²) < 4.78 is 2.26. The van der Waals surface area contributed by atoms with Crippen molar-refractivity contribution in [3.8, 4) is 0 Å². The molecule has 1 aliphatic heterocycles. The van der Waals surface area contributed by atoms with Gasteiger partial charge in [-0.15, -0.1) is 11.8 Å². The molecule has 0 saturated carbocycles. The Morgan fingerprint density at radius 2 is 2.12 bits per heavy atom. The number of benzene rings is 2. The van der Waals surface area contributed by atoms with Gasteiger partial charge in [0.1, 0.15) is 5.25 Å². The molecule has 4 nitrogen and oxygen atoms in total. The van der Waals surface area contributed by atoms with Crippen LogP contribution < -0.4 is 5.32 Å². The molecule has 25 heavy (non-hydrogen) atoms. The summed E-state index contributed by atoms with van der Waals surface area (Å²) in [5, 5.41) is 13.4. The SMILES string of the molecule is Cc1cccc(Cn2cc([C@H]3NC[C@@H](C(=O)O)S3)c3ccccc32)c1. The van der Waals surface area contributed by atoms with Crippen molar-refractivity contribution in [2.75, 3.05) is 6.54 Å². The quantitative estimate of drug-likeness (QED) is 0.750. The van der Waals surface area contributed by atoms with Crippen LogP contribution in [0.3, 0.4) is 0 Å². The summed E-state index contributed by atoms with van der Waals surface area (Å²) in [5.41, 5.74) is 4.87. The number of rotatable bonds is 4. The third kappa shape index (κ3) is 3.17. The van der Waals surface area contributed by atoms with Gasteiger partial charge in [0.15, 0.2) is 0 Å². The molecule has 2 heterocycles. The largest absolute Gasteiger partial charge is 0.480 e. The van der Waals surface area contributed by atoms with E-state index in [0.29, 0.717) is 6.54 Å². The van der Waals surface area contributed by atoms with E-state index in [4.69, 9.17) is 0 Å². The second kappa shape index (κ2) is 6.58. The van der Waals surface area contributed by atoms with Gasteiger partial charge >= 0.3 is 5.97 Å². The van der Waals surface area contributed by atoms with Crippen molar-refractivity contribution in [2.45, 2.75) is 24.1 Å². The summed E-state index contributed by atoms with van der Waals surface area (Å²) in [5.74, 6) is -0.747. The molecule has 1 saturated heterocycles. The highest BCUT2D eigenvalue weighted by molar-refractivity contribution is 8.01. The molecule has 2 aromatic carbocycles. The fourth-order valence-electron chi connectivity index (χ4n) is 3.43. The first-order valence-corrected chi connectivity index (χ1v) is 9.31. The zero-order valence-electron chi connectivity index (χ0n) is 14.0. The molecule has 4 rings (SSSR count). The lowest BCUT2D eigenvalue weighted by Crippen LogP contribution is -2.21. The van der Waals surface area contributed by atoms with Crippen LogP contribution in [-0.2, 0) is 11.3 Å². The Morgan fingerprint density at radius 1 is 1.28 bits per heavy atom. The van der Waals surface area contributed by atoms with Gasteiger partial charge in [-0.05, 0) is 18.6 Å². The minimum Gasteiger partial charge on any atom is -0.480 e. The maximum atomic E-state index is 11.3. The number of fused-ring (bicyclic) bond motifs is 1. The summed E-state index contributed by atoms with van der Waals surface area (Å²) >= 11 is 1.48. The number of aryl methyl sites for hydroxylation is 1. The zero-order chi connectivity index (χ0) is 17.4. The number of aliphatic carboxylic acids is 1. The fourth-order valence-corrected chi connectivity index (χ4v) is 4.59. The van der Waals surface area contributed by atoms with Crippen molar-refractivity contribution >= 4 is 28.6 Å². The fraction of sp³-hybridized carbons (Fsp3) is 0.250. The summed E-state index contributed by atoms with van der Waals surface area (Å²) in [4.78, 5) is 11.3. The van der Waals surface area contributed by atoms with E-state index in [2.05, 4.69) is 59.4 Å². The molecule has 0 unspecified atom stereocenters. The number of carbonyl (C=O) groups is 1. The van der Waals surface area contributed by atoms with Gasteiger partial charge in [-0.3, -0.25) is 10.1 Å². The molecule has 0 bridgehead atoms. The highest BCUT2D eigenvalue weighted by Crippen LogP contribution is 2.39. The molecule has 3 aromatic rings. The number of nitrogens with one attached hydrogen (secondary N) is 1. The van der Waals surface area contributed by atoms with Crippen LogP contribution in [0, 0.1) is 6.92 Å². The van der Waals surface area contributed by atoms with Crippen LogP contribution in [0.4, 0.5) is 0 Å². The highest BCUT2D eigenvalue weighted by atomic mass is 32.2. The smallest absolute Gasteiger partial charge is 0.318 e. The van der Waals surface area contributed by atoms with Crippen LogP contribution in [0.2, 0.25) is 0 Å². The molecule has 2 atom stereocenters. The van der Waals surface area contributed by atoms with E-state index in [-0.39, 0.29) is 10.6 Å². The molecular weight excluding hydrogens is 332 g/mol. The van der Waals surface area contributed by atoms with E-state index < -0.39 is 5.97 Å². The minimum atomic E-state index is -0.747. The number of hydrogen-bond donors (Lipinski definition) is 2. The second-order valence-corrected chi connectivity index (χ2v) is 7.78. The molecule has 5 heteroatoms. The Morgan fingerprint density at radius 3 is 2.88 bits per heavy atom. The molecule has 0 spiro atoms. The number of aromatic nitrogens is 1. The minimum absolute atomic E-state index is 0.0183. The molecule has 0 amide bonds. The van der Waals surface area contributed by atoms with Gasteiger partial charge in [-0.1, -0.05) is 48.0 Å². The van der Waals surface area contributed by atoms with Crippen molar-refractivity contribution < 1.29 is 9.90 Å². The van der Waals surface area contributed by atoms with Gasteiger partial charge < -0.3 is 9.67 Å². The van der Waals surface area contributed by atoms with Crippen LogP contribution in [0.1, 0.15) is 22.1 Å². The Bertz CT molecular complexity index is 934. The van der Waals surface area contributed by atoms with Crippen LogP contribution in [0.5, 0.6) is 0 Å². The lowest BCUT2D eigenvalue weighted by atomic mass is 10.1. The molecular formula is C20H20N2O2S. The standard InChI is InChI=1S/C20H20N2O2S/c1-13-5-4-6-14(9-13)11-22-12-16(15-7-2-3-8-17(15)22)19-21-10-18(25-19)20(23)24/h2-9,12,18-19,21H,10-11H2,1H3,(H,23,24)/t18-,19-/m0/s1. The average molecular weight is 352 g/mol. The summed E-state index contributed by atoms with van der Waals surface area (Å²) in [6, 6.07) is 16.9. The predicted octanol–water partition coefficient (Wildman–Crippen LogP) is 3.79. The van der Waals surface area contributed by atoms with Gasteiger partial charge in [0.05, 0.1) is 5.37 Å². The Kier molecular flexibility index (Phi) is 4.27. The van der Waals surface area contributed by atoms with E-state index in [1.807, 2.05) is 12.1 Å². The third-order valence-corrected chi connectivity index (χ3v) is 5.99. The Labute approximate surface area is 150 Å². The molecule has 0 radical (unpaired) electrons. The number of para-hydroxylation sites is 1. The lowest BCUT2D eigenvalue weighted by molar-refractivity contribution is -0.136. The third-order valence-electron chi connectivity index (χ3n) is 4.60. The van der Waals surface area contributed by atoms with E-state index in [1.54, 1.807) is 0 Å². The predicted molar refractivity (Wildman–Crippen MR) is 102 cm³/mol. The van der Waals surface area contributed by atoms with Crippen LogP contribution in [-0.4, -0.2) is 27.4 Å². The van der Waals surface area contributed by atoms with Gasteiger partial charge in [0, 0.05) is 35.8 Å². The van der Waals surface area contributed by atoms with Crippen molar-refractivity contribution in [3.05, 3.63) is 71.4 Å². The number of nitrogens with zero attached hydrogens (tertiary/aromatic N) is 1. The zero-order valence-corrected chi connectivity index (χ0v) is 14.8. The summed E-state index contributed by atoms with van der Waals surface area (Å²) in [6.45, 7) is 3.41. The average Bonchev–Trinajstić information content (AvgIpc) is 3.21. The van der Waals surface area contributed by atoms with Crippen molar-refractivity contribution in [1.29, 1.82) is 0 Å². The number of carboxylic acids is 1. The maximum Gasteiger partial charge on any atom is 0.318 e. The van der Waals surface area contributed by atoms with E-state index >= 15 is 0 Å². The first-order valence-electron chi connectivity index (χ1n) is 8.37. The summed E-state index contributed by atoms with van der Waals surface area (Å²) in [7, 11) is 0. The Balaban J connectivity index is 1.71. The number of hydrogen-bond acceptors (Lipinski definition) is 3. The maximum absolute atomic E-state index is 11.3. The van der Waals surface area contributed by atoms with Crippen LogP contribution in [0.15, 0.2) is 54.7 Å².